The summed E-state index contributed by atoms with van der Waals surface area (Å²) in [5.74, 6) is 0.775. The summed E-state index contributed by atoms with van der Waals surface area (Å²) in [4.78, 5) is 22.4. The van der Waals surface area contributed by atoms with Gasteiger partial charge in [-0.1, -0.05) is 12.1 Å². The molecule has 7 heteroatoms. The Hall–Kier alpha value is -2.70. The average Bonchev–Trinajstić information content (AvgIpc) is 2.52. The molecule has 120 valence electrons. The molecule has 1 aromatic rings. The lowest BCUT2D eigenvalue weighted by Gasteiger charge is -2.06. The zero-order chi connectivity index (χ0) is 16.2. The highest BCUT2D eigenvalue weighted by molar-refractivity contribution is 5.76. The highest BCUT2D eigenvalue weighted by Crippen LogP contribution is 2.11. The number of hydrogen-bond donors (Lipinski definition) is 3. The van der Waals surface area contributed by atoms with Crippen molar-refractivity contribution in [2.45, 2.75) is 6.92 Å². The van der Waals surface area contributed by atoms with E-state index in [2.05, 4.69) is 20.7 Å². The van der Waals surface area contributed by atoms with Gasteiger partial charge in [0.2, 0.25) is 0 Å². The van der Waals surface area contributed by atoms with Crippen molar-refractivity contribution in [2.75, 3.05) is 26.8 Å². The first-order valence-corrected chi connectivity index (χ1v) is 6.91. The number of carbonyl (C=O) groups excluding carboxylic acids is 2. The predicted octanol–water partition coefficient (Wildman–Crippen LogP) is 1.71. The van der Waals surface area contributed by atoms with E-state index in [-0.39, 0.29) is 6.03 Å². The monoisotopic (exact) mass is 307 g/mol. The van der Waals surface area contributed by atoms with Crippen LogP contribution in [0.25, 0.3) is 6.08 Å². The number of carbonyl (C=O) groups is 2. The molecule has 0 aliphatic heterocycles. The summed E-state index contributed by atoms with van der Waals surface area (Å²) in [5.41, 5.74) is 0.935. The number of urea groups is 1. The molecule has 0 spiro atoms. The van der Waals surface area contributed by atoms with Gasteiger partial charge in [0.1, 0.15) is 5.75 Å². The average molecular weight is 307 g/mol. The van der Waals surface area contributed by atoms with E-state index in [1.807, 2.05) is 24.3 Å². The zero-order valence-corrected chi connectivity index (χ0v) is 12.7. The number of ether oxygens (including phenoxy) is 2. The Morgan fingerprint density at radius 2 is 1.82 bits per heavy atom. The third-order valence-electron chi connectivity index (χ3n) is 2.56. The summed E-state index contributed by atoms with van der Waals surface area (Å²) >= 11 is 0. The first-order valence-electron chi connectivity index (χ1n) is 6.91. The highest BCUT2D eigenvalue weighted by Gasteiger charge is 2.00. The Labute approximate surface area is 129 Å². The second-order valence-electron chi connectivity index (χ2n) is 4.15. The number of methoxy groups -OCH3 is 1. The quantitative estimate of drug-likeness (QED) is 0.669. The van der Waals surface area contributed by atoms with E-state index in [0.717, 1.165) is 11.3 Å². The Kier molecular flexibility index (Phi) is 7.96. The number of hydrogen-bond acceptors (Lipinski definition) is 4. The van der Waals surface area contributed by atoms with Crippen molar-refractivity contribution in [3.63, 3.8) is 0 Å². The molecule has 7 nitrogen and oxygen atoms in total. The second-order valence-corrected chi connectivity index (χ2v) is 4.15. The Morgan fingerprint density at radius 3 is 2.45 bits per heavy atom. The van der Waals surface area contributed by atoms with E-state index in [0.29, 0.717) is 19.7 Å². The first-order chi connectivity index (χ1) is 10.7. The Balaban J connectivity index is 2.19. The largest absolute Gasteiger partial charge is 0.497 e. The molecule has 3 N–H and O–H groups in total. The standard InChI is InChI=1S/C15H21N3O4/c1-3-22-15(20)18-11-10-17-14(19)16-9-8-12-4-6-13(21-2)7-5-12/h4-9H,3,10-11H2,1-2H3,(H,18,20)(H2,16,17,19)/b9-8+. The smallest absolute Gasteiger partial charge is 0.407 e. The van der Waals surface area contributed by atoms with Crippen molar-refractivity contribution >= 4 is 18.2 Å². The van der Waals surface area contributed by atoms with Crippen LogP contribution in [-0.4, -0.2) is 38.9 Å². The minimum Gasteiger partial charge on any atom is -0.497 e. The van der Waals surface area contributed by atoms with Crippen LogP contribution in [0.4, 0.5) is 9.59 Å². The topological polar surface area (TPSA) is 88.7 Å². The second kappa shape index (κ2) is 10.1. The molecule has 1 aromatic carbocycles. The van der Waals surface area contributed by atoms with Gasteiger partial charge in [0.25, 0.3) is 0 Å². The summed E-state index contributed by atoms with van der Waals surface area (Å²) < 4.78 is 9.74. The van der Waals surface area contributed by atoms with Gasteiger partial charge in [0.15, 0.2) is 0 Å². The van der Waals surface area contributed by atoms with Gasteiger partial charge in [-0.3, -0.25) is 0 Å². The minimum atomic E-state index is -0.496. The molecule has 0 aliphatic rings. The molecule has 0 saturated heterocycles. The molecule has 0 bridgehead atoms. The van der Waals surface area contributed by atoms with Gasteiger partial charge in [-0.05, 0) is 30.7 Å². The highest BCUT2D eigenvalue weighted by atomic mass is 16.5. The first kappa shape index (κ1) is 17.4. The van der Waals surface area contributed by atoms with Crippen molar-refractivity contribution in [2.24, 2.45) is 0 Å². The summed E-state index contributed by atoms with van der Waals surface area (Å²) in [5, 5.41) is 7.66. The number of amides is 3. The molecular weight excluding hydrogens is 286 g/mol. The fourth-order valence-electron chi connectivity index (χ4n) is 1.50. The minimum absolute atomic E-state index is 0.300. The van der Waals surface area contributed by atoms with Crippen molar-refractivity contribution < 1.29 is 19.1 Å². The number of rotatable bonds is 7. The van der Waals surface area contributed by atoms with Crippen LogP contribution in [0.5, 0.6) is 5.75 Å². The van der Waals surface area contributed by atoms with Crippen LogP contribution in [0.1, 0.15) is 12.5 Å². The van der Waals surface area contributed by atoms with Crippen LogP contribution in [-0.2, 0) is 4.74 Å². The zero-order valence-electron chi connectivity index (χ0n) is 12.7. The normalized spacial score (nSPS) is 10.1. The molecule has 1 rings (SSSR count). The third-order valence-corrected chi connectivity index (χ3v) is 2.56. The van der Waals surface area contributed by atoms with Gasteiger partial charge in [-0.15, -0.1) is 0 Å². The Morgan fingerprint density at radius 1 is 1.14 bits per heavy atom. The molecule has 0 unspecified atom stereocenters. The van der Waals surface area contributed by atoms with E-state index in [1.54, 1.807) is 20.1 Å². The fourth-order valence-corrected chi connectivity index (χ4v) is 1.50. The van der Waals surface area contributed by atoms with E-state index in [9.17, 15) is 9.59 Å². The fraction of sp³-hybridized carbons (Fsp3) is 0.333. The number of benzene rings is 1. The molecular formula is C15H21N3O4. The van der Waals surface area contributed by atoms with E-state index >= 15 is 0 Å². The van der Waals surface area contributed by atoms with E-state index in [1.165, 1.54) is 6.20 Å². The summed E-state index contributed by atoms with van der Waals surface area (Å²) in [6.45, 7) is 2.64. The maximum Gasteiger partial charge on any atom is 0.407 e. The van der Waals surface area contributed by atoms with Crippen molar-refractivity contribution in [3.8, 4) is 5.75 Å². The van der Waals surface area contributed by atoms with Gasteiger partial charge in [0, 0.05) is 19.3 Å². The molecule has 0 atom stereocenters. The summed E-state index contributed by atoms with van der Waals surface area (Å²) in [7, 11) is 1.60. The lowest BCUT2D eigenvalue weighted by molar-refractivity contribution is 0.152. The molecule has 22 heavy (non-hydrogen) atoms. The molecule has 0 aromatic heterocycles. The van der Waals surface area contributed by atoms with Gasteiger partial charge in [-0.25, -0.2) is 9.59 Å². The summed E-state index contributed by atoms with van der Waals surface area (Å²) in [6.07, 6.45) is 2.80. The third kappa shape index (κ3) is 7.18. The van der Waals surface area contributed by atoms with Crippen LogP contribution >= 0.6 is 0 Å². The molecule has 0 radical (unpaired) electrons. The lowest BCUT2D eigenvalue weighted by Crippen LogP contribution is -2.38. The van der Waals surface area contributed by atoms with Crippen LogP contribution in [0.3, 0.4) is 0 Å². The predicted molar refractivity (Wildman–Crippen MR) is 83.6 cm³/mol. The maximum atomic E-state index is 11.5. The van der Waals surface area contributed by atoms with Crippen LogP contribution < -0.4 is 20.7 Å². The summed E-state index contributed by atoms with van der Waals surface area (Å²) in [6, 6.07) is 7.06. The van der Waals surface area contributed by atoms with E-state index < -0.39 is 6.09 Å². The maximum absolute atomic E-state index is 11.5. The molecule has 0 fully saturated rings. The van der Waals surface area contributed by atoms with Gasteiger partial charge in [-0.2, -0.15) is 0 Å². The van der Waals surface area contributed by atoms with E-state index in [4.69, 9.17) is 4.74 Å². The van der Waals surface area contributed by atoms with Gasteiger partial charge < -0.3 is 25.4 Å². The van der Waals surface area contributed by atoms with Gasteiger partial charge in [0.05, 0.1) is 13.7 Å². The Bertz CT molecular complexity index is 500. The SMILES string of the molecule is CCOC(=O)NCCNC(=O)N/C=C/c1ccc(OC)cc1. The number of alkyl carbamates (subject to hydrolysis) is 1. The molecule has 0 saturated carbocycles. The molecule has 0 aliphatic carbocycles. The van der Waals surface area contributed by atoms with Crippen LogP contribution in [0.15, 0.2) is 30.5 Å². The van der Waals surface area contributed by atoms with Crippen molar-refractivity contribution in [3.05, 3.63) is 36.0 Å². The van der Waals surface area contributed by atoms with Gasteiger partial charge >= 0.3 is 12.1 Å². The number of nitrogens with one attached hydrogen (secondary N) is 3. The lowest BCUT2D eigenvalue weighted by atomic mass is 10.2. The molecule has 3 amide bonds. The van der Waals surface area contributed by atoms with Crippen molar-refractivity contribution in [1.82, 2.24) is 16.0 Å². The van der Waals surface area contributed by atoms with Crippen LogP contribution in [0, 0.1) is 0 Å². The molecule has 0 heterocycles. The van der Waals surface area contributed by atoms with Crippen molar-refractivity contribution in [1.29, 1.82) is 0 Å². The van der Waals surface area contributed by atoms with Crippen LogP contribution in [0.2, 0.25) is 0 Å².